The summed E-state index contributed by atoms with van der Waals surface area (Å²) >= 11 is 6.95. The first-order chi connectivity index (χ1) is 17.2. The summed E-state index contributed by atoms with van der Waals surface area (Å²) in [7, 11) is -3.44. The summed E-state index contributed by atoms with van der Waals surface area (Å²) in [5.41, 5.74) is 2.42. The average Bonchev–Trinajstić information content (AvgIpc) is 3.47. The Hall–Kier alpha value is -2.30. The molecule has 9 nitrogen and oxygen atoms in total. The smallest absolute Gasteiger partial charge is 0.344 e. The number of sulfonamides is 1. The molecule has 3 fully saturated rings. The maximum Gasteiger partial charge on any atom is 0.344 e. The Balaban J connectivity index is 1.24. The number of piperidine rings is 2. The number of amides is 1. The van der Waals surface area contributed by atoms with Crippen molar-refractivity contribution in [2.45, 2.75) is 57.0 Å². The van der Waals surface area contributed by atoms with Crippen LogP contribution in [0.1, 0.15) is 50.5 Å². The molecule has 2 aromatic rings. The number of nitrogens with one attached hydrogen (secondary N) is 1. The highest BCUT2D eigenvalue weighted by atomic mass is 35.5. The molecular weight excluding hydrogens is 500 g/mol. The van der Waals surface area contributed by atoms with Crippen LogP contribution in [-0.2, 0) is 16.6 Å². The molecule has 3 aliphatic heterocycles. The van der Waals surface area contributed by atoms with Gasteiger partial charge in [0.25, 0.3) is 0 Å². The minimum Gasteiger partial charge on any atom is -0.370 e. The molecule has 1 spiro atoms. The summed E-state index contributed by atoms with van der Waals surface area (Å²) < 4.78 is 26.4. The van der Waals surface area contributed by atoms with Crippen LogP contribution in [0.3, 0.4) is 0 Å². The summed E-state index contributed by atoms with van der Waals surface area (Å²) in [5.74, 6) is 0.143. The SMILES string of the molecule is CS(=O)(=O)Nc1ccn(C(=O)N2CCC3(CCCN3Cc3cccc(N4CCCCC4)c3Cl)CC2)n1. The van der Waals surface area contributed by atoms with E-state index in [9.17, 15) is 13.2 Å². The number of carbonyl (C=O) groups is 1. The number of hydrogen-bond donors (Lipinski definition) is 1. The number of anilines is 2. The maximum absolute atomic E-state index is 13.0. The van der Waals surface area contributed by atoms with E-state index in [4.69, 9.17) is 11.6 Å². The average molecular weight is 535 g/mol. The van der Waals surface area contributed by atoms with E-state index < -0.39 is 10.0 Å². The van der Waals surface area contributed by atoms with Crippen LogP contribution in [0.5, 0.6) is 0 Å². The van der Waals surface area contributed by atoms with Crippen molar-refractivity contribution < 1.29 is 13.2 Å². The molecular formula is C25H35ClN6O3S. The second kappa shape index (κ2) is 10.2. The van der Waals surface area contributed by atoms with Gasteiger partial charge < -0.3 is 9.80 Å². The van der Waals surface area contributed by atoms with Gasteiger partial charge in [-0.1, -0.05) is 23.7 Å². The van der Waals surface area contributed by atoms with Gasteiger partial charge in [-0.15, -0.1) is 5.10 Å². The summed E-state index contributed by atoms with van der Waals surface area (Å²) in [6, 6.07) is 7.69. The molecule has 1 aromatic carbocycles. The molecule has 4 heterocycles. The van der Waals surface area contributed by atoms with E-state index in [1.54, 1.807) is 0 Å². The summed E-state index contributed by atoms with van der Waals surface area (Å²) in [4.78, 5) is 19.8. The molecule has 0 bridgehead atoms. The normalized spacial score (nSPS) is 20.7. The molecule has 36 heavy (non-hydrogen) atoms. The second-order valence-corrected chi connectivity index (χ2v) is 12.5. The monoisotopic (exact) mass is 534 g/mol. The van der Waals surface area contributed by atoms with Crippen molar-refractivity contribution in [3.8, 4) is 0 Å². The van der Waals surface area contributed by atoms with Gasteiger partial charge in [-0.05, 0) is 63.1 Å². The first-order valence-electron chi connectivity index (χ1n) is 12.8. The molecule has 1 N–H and O–H groups in total. The van der Waals surface area contributed by atoms with Gasteiger partial charge in [0.1, 0.15) is 0 Å². The highest BCUT2D eigenvalue weighted by Gasteiger charge is 2.44. The highest BCUT2D eigenvalue weighted by molar-refractivity contribution is 7.92. The van der Waals surface area contributed by atoms with Gasteiger partial charge >= 0.3 is 6.03 Å². The van der Waals surface area contributed by atoms with Crippen molar-refractivity contribution in [2.24, 2.45) is 0 Å². The molecule has 1 aromatic heterocycles. The maximum atomic E-state index is 13.0. The van der Waals surface area contributed by atoms with Gasteiger partial charge in [-0.2, -0.15) is 4.68 Å². The molecule has 1 amide bonds. The zero-order valence-electron chi connectivity index (χ0n) is 20.8. The largest absolute Gasteiger partial charge is 0.370 e. The number of aromatic nitrogens is 2. The number of rotatable bonds is 5. The Morgan fingerprint density at radius 3 is 2.50 bits per heavy atom. The summed E-state index contributed by atoms with van der Waals surface area (Å²) in [5, 5.41) is 4.97. The first kappa shape index (κ1) is 25.4. The van der Waals surface area contributed by atoms with Gasteiger partial charge in [0.15, 0.2) is 5.82 Å². The predicted molar refractivity (Wildman–Crippen MR) is 142 cm³/mol. The topological polar surface area (TPSA) is 90.8 Å². The molecule has 0 atom stereocenters. The standard InChI is InChI=1S/C25H35ClN6O3S/c1-36(34,35)28-22-9-16-32(27-22)24(33)30-17-11-25(12-18-30)10-6-15-31(25)19-20-7-5-8-21(23(20)26)29-13-3-2-4-14-29/h5,7-9,16H,2-4,6,10-15,17-19H2,1H3,(H,27,28). The number of nitrogens with zero attached hydrogens (tertiary/aromatic N) is 5. The predicted octanol–water partition coefficient (Wildman–Crippen LogP) is 4.00. The van der Waals surface area contributed by atoms with Crippen LogP contribution in [-0.4, -0.2) is 78.5 Å². The fourth-order valence-electron chi connectivity index (χ4n) is 6.01. The van der Waals surface area contributed by atoms with E-state index >= 15 is 0 Å². The van der Waals surface area contributed by atoms with Crippen LogP contribution in [0.25, 0.3) is 0 Å². The van der Waals surface area contributed by atoms with Crippen molar-refractivity contribution in [1.82, 2.24) is 19.6 Å². The Kier molecular flexibility index (Phi) is 7.20. The lowest BCUT2D eigenvalue weighted by Crippen LogP contribution is -2.53. The van der Waals surface area contributed by atoms with Gasteiger partial charge in [0, 0.05) is 50.5 Å². The Morgan fingerprint density at radius 1 is 1.03 bits per heavy atom. The molecule has 11 heteroatoms. The van der Waals surface area contributed by atoms with Gasteiger partial charge in [0.05, 0.1) is 17.0 Å². The first-order valence-corrected chi connectivity index (χ1v) is 15.1. The van der Waals surface area contributed by atoms with Crippen LogP contribution >= 0.6 is 11.6 Å². The lowest BCUT2D eigenvalue weighted by Gasteiger charge is -2.45. The minimum absolute atomic E-state index is 0.0777. The molecule has 0 saturated carbocycles. The van der Waals surface area contributed by atoms with Crippen molar-refractivity contribution in [1.29, 1.82) is 0 Å². The van der Waals surface area contributed by atoms with Crippen LogP contribution in [0.15, 0.2) is 30.5 Å². The number of halogens is 1. The molecule has 196 valence electrons. The van der Waals surface area contributed by atoms with E-state index in [0.29, 0.717) is 13.1 Å². The number of carbonyl (C=O) groups excluding carboxylic acids is 1. The number of likely N-dealkylation sites (tertiary alicyclic amines) is 2. The quantitative estimate of drug-likeness (QED) is 0.623. The molecule has 3 saturated heterocycles. The number of hydrogen-bond acceptors (Lipinski definition) is 6. The lowest BCUT2D eigenvalue weighted by molar-refractivity contribution is 0.0585. The minimum atomic E-state index is -3.44. The fraction of sp³-hybridized carbons (Fsp3) is 0.600. The summed E-state index contributed by atoms with van der Waals surface area (Å²) in [6.07, 6.45) is 10.4. The zero-order chi connectivity index (χ0) is 25.3. The van der Waals surface area contributed by atoms with Gasteiger partial charge in [0.2, 0.25) is 10.0 Å². The second-order valence-electron chi connectivity index (χ2n) is 10.3. The Bertz CT molecular complexity index is 1200. The Morgan fingerprint density at radius 2 is 1.78 bits per heavy atom. The molecule has 0 aliphatic carbocycles. The Labute approximate surface area is 218 Å². The van der Waals surface area contributed by atoms with Gasteiger partial charge in [-0.25, -0.2) is 13.2 Å². The summed E-state index contributed by atoms with van der Waals surface area (Å²) in [6.45, 7) is 5.30. The van der Waals surface area contributed by atoms with E-state index in [1.165, 1.54) is 41.8 Å². The van der Waals surface area contributed by atoms with Gasteiger partial charge in [-0.3, -0.25) is 9.62 Å². The fourth-order valence-corrected chi connectivity index (χ4v) is 6.81. The third-order valence-corrected chi connectivity index (χ3v) is 8.91. The zero-order valence-corrected chi connectivity index (χ0v) is 22.4. The van der Waals surface area contributed by atoms with Crippen molar-refractivity contribution in [3.63, 3.8) is 0 Å². The molecule has 3 aliphatic rings. The van der Waals surface area contributed by atoms with E-state index in [-0.39, 0.29) is 17.4 Å². The van der Waals surface area contributed by atoms with E-state index in [1.807, 2.05) is 4.90 Å². The molecule has 5 rings (SSSR count). The highest BCUT2D eigenvalue weighted by Crippen LogP contribution is 2.41. The van der Waals surface area contributed by atoms with Crippen LogP contribution in [0, 0.1) is 0 Å². The van der Waals surface area contributed by atoms with Crippen LogP contribution in [0.4, 0.5) is 16.3 Å². The van der Waals surface area contributed by atoms with E-state index in [2.05, 4.69) is 37.8 Å². The number of benzene rings is 1. The van der Waals surface area contributed by atoms with E-state index in [0.717, 1.165) is 68.8 Å². The molecule has 0 unspecified atom stereocenters. The lowest BCUT2D eigenvalue weighted by atomic mass is 9.84. The van der Waals surface area contributed by atoms with Crippen LogP contribution in [0.2, 0.25) is 5.02 Å². The van der Waals surface area contributed by atoms with Crippen LogP contribution < -0.4 is 9.62 Å². The van der Waals surface area contributed by atoms with Crippen molar-refractivity contribution in [3.05, 3.63) is 41.0 Å². The van der Waals surface area contributed by atoms with Crippen molar-refractivity contribution in [2.75, 3.05) is 48.6 Å². The van der Waals surface area contributed by atoms with Crippen molar-refractivity contribution >= 4 is 39.2 Å². The molecule has 0 radical (unpaired) electrons. The third-order valence-electron chi connectivity index (χ3n) is 7.90. The third kappa shape index (κ3) is 5.35.